The lowest BCUT2D eigenvalue weighted by Gasteiger charge is -2.34. The summed E-state index contributed by atoms with van der Waals surface area (Å²) in [4.78, 5) is 19.1. The third-order valence-corrected chi connectivity index (χ3v) is 4.27. The van der Waals surface area contributed by atoms with Crippen molar-refractivity contribution in [1.29, 1.82) is 0 Å². The van der Waals surface area contributed by atoms with Crippen LogP contribution in [-0.2, 0) is 18.9 Å². The fraction of sp³-hybridized carbons (Fsp3) is 0.900. The summed E-state index contributed by atoms with van der Waals surface area (Å²) in [7, 11) is 1.65. The van der Waals surface area contributed by atoms with E-state index < -0.39 is 17.4 Å². The van der Waals surface area contributed by atoms with Crippen LogP contribution in [0.3, 0.4) is 0 Å². The van der Waals surface area contributed by atoms with Crippen LogP contribution in [0.25, 0.3) is 0 Å². The molecule has 0 aromatic carbocycles. The van der Waals surface area contributed by atoms with Crippen molar-refractivity contribution in [2.24, 2.45) is 4.99 Å². The van der Waals surface area contributed by atoms with Crippen molar-refractivity contribution in [2.45, 2.75) is 71.9 Å². The summed E-state index contributed by atoms with van der Waals surface area (Å²) >= 11 is 0. The zero-order valence-electron chi connectivity index (χ0n) is 19.3. The van der Waals surface area contributed by atoms with E-state index in [1.54, 1.807) is 12.0 Å². The molecule has 9 heteroatoms. The van der Waals surface area contributed by atoms with Crippen LogP contribution < -0.4 is 10.6 Å². The number of methoxy groups -OCH3 is 1. The van der Waals surface area contributed by atoms with E-state index in [0.29, 0.717) is 38.9 Å². The first-order valence-electron chi connectivity index (χ1n) is 10.3. The van der Waals surface area contributed by atoms with Gasteiger partial charge in [0, 0.05) is 20.2 Å². The highest BCUT2D eigenvalue weighted by molar-refractivity contribution is 5.79. The molecule has 0 saturated carbocycles. The average Bonchev–Trinajstić information content (AvgIpc) is 2.82. The number of aliphatic imine (C=N–C) groups is 1. The summed E-state index contributed by atoms with van der Waals surface area (Å²) in [6.07, 6.45) is -0.557. The molecule has 2 N–H and O–H groups in total. The second kappa shape index (κ2) is 11.6. The molecule has 2 atom stereocenters. The molecule has 1 aliphatic heterocycles. The molecule has 1 heterocycles. The van der Waals surface area contributed by atoms with Gasteiger partial charge in [-0.25, -0.2) is 4.79 Å². The molecule has 0 aromatic heterocycles. The van der Waals surface area contributed by atoms with Crippen molar-refractivity contribution in [3.05, 3.63) is 0 Å². The average molecular weight is 417 g/mol. The van der Waals surface area contributed by atoms with Crippen LogP contribution in [-0.4, -0.2) is 87.0 Å². The van der Waals surface area contributed by atoms with Crippen LogP contribution >= 0.6 is 0 Å². The maximum Gasteiger partial charge on any atom is 0.412 e. The molecule has 0 radical (unpaired) electrons. The minimum atomic E-state index is -0.761. The molecule has 1 rings (SSSR count). The van der Waals surface area contributed by atoms with Crippen LogP contribution in [0, 0.1) is 0 Å². The van der Waals surface area contributed by atoms with Crippen LogP contribution in [0.2, 0.25) is 0 Å². The molecule has 0 spiro atoms. The van der Waals surface area contributed by atoms with Gasteiger partial charge in [-0.1, -0.05) is 0 Å². The summed E-state index contributed by atoms with van der Waals surface area (Å²) in [5, 5.41) is 6.45. The number of hydrogen-bond acceptors (Lipinski definition) is 6. The largest absolute Gasteiger partial charge is 0.444 e. The molecule has 1 aliphatic rings. The Morgan fingerprint density at radius 2 is 1.90 bits per heavy atom. The second-order valence-corrected chi connectivity index (χ2v) is 8.44. The highest BCUT2D eigenvalue weighted by Crippen LogP contribution is 2.33. The van der Waals surface area contributed by atoms with Gasteiger partial charge >= 0.3 is 6.09 Å². The van der Waals surface area contributed by atoms with E-state index in [2.05, 4.69) is 15.6 Å². The Labute approximate surface area is 175 Å². The Hall–Kier alpha value is -1.58. The fourth-order valence-electron chi connectivity index (χ4n) is 3.11. The summed E-state index contributed by atoms with van der Waals surface area (Å²) in [6, 6.07) is -0.228. The lowest BCUT2D eigenvalue weighted by Crippen LogP contribution is -2.51. The maximum absolute atomic E-state index is 12.8. The maximum atomic E-state index is 12.8. The van der Waals surface area contributed by atoms with E-state index in [1.807, 2.05) is 48.5 Å². The van der Waals surface area contributed by atoms with Crippen LogP contribution in [0.1, 0.15) is 48.5 Å². The number of nitrogens with one attached hydrogen (secondary N) is 2. The van der Waals surface area contributed by atoms with E-state index in [-0.39, 0.29) is 12.1 Å². The molecule has 0 bridgehead atoms. The normalized spacial score (nSPS) is 21.9. The summed E-state index contributed by atoms with van der Waals surface area (Å²) in [6.45, 7) is 16.7. The van der Waals surface area contributed by atoms with Crippen molar-refractivity contribution in [3.63, 3.8) is 0 Å². The Bertz CT molecular complexity index is 533. The SMILES string of the molecule is CCNC(=NCC1C(C)OC(C)(C)N1C(=O)OC(C)(C)C)NCCOCCOC. The molecule has 1 fully saturated rings. The third kappa shape index (κ3) is 8.76. The van der Waals surface area contributed by atoms with Gasteiger partial charge in [0.15, 0.2) is 5.96 Å². The molecule has 1 amide bonds. The number of carbonyl (C=O) groups is 1. The second-order valence-electron chi connectivity index (χ2n) is 8.44. The number of hydrogen-bond donors (Lipinski definition) is 2. The van der Waals surface area contributed by atoms with Crippen molar-refractivity contribution in [3.8, 4) is 0 Å². The first kappa shape index (κ1) is 25.5. The van der Waals surface area contributed by atoms with Crippen molar-refractivity contribution < 1.29 is 23.7 Å². The Balaban J connectivity index is 2.76. The molecule has 1 saturated heterocycles. The lowest BCUT2D eigenvalue weighted by molar-refractivity contribution is -0.0755. The molecule has 29 heavy (non-hydrogen) atoms. The number of ether oxygens (including phenoxy) is 4. The van der Waals surface area contributed by atoms with Gasteiger partial charge in [0.25, 0.3) is 0 Å². The van der Waals surface area contributed by atoms with Crippen molar-refractivity contribution >= 4 is 12.1 Å². The predicted molar refractivity (Wildman–Crippen MR) is 113 cm³/mol. The molecule has 0 aromatic rings. The molecule has 2 unspecified atom stereocenters. The highest BCUT2D eigenvalue weighted by Gasteiger charge is 2.49. The highest BCUT2D eigenvalue weighted by atomic mass is 16.6. The monoisotopic (exact) mass is 416 g/mol. The minimum Gasteiger partial charge on any atom is -0.444 e. The van der Waals surface area contributed by atoms with E-state index in [1.165, 1.54) is 0 Å². The predicted octanol–water partition coefficient (Wildman–Crippen LogP) is 1.97. The van der Waals surface area contributed by atoms with Gasteiger partial charge in [0.05, 0.1) is 38.5 Å². The first-order chi connectivity index (χ1) is 13.5. The fourth-order valence-corrected chi connectivity index (χ4v) is 3.11. The zero-order chi connectivity index (χ0) is 22.1. The Kier molecular flexibility index (Phi) is 10.2. The number of carbonyl (C=O) groups excluding carboxylic acids is 1. The van der Waals surface area contributed by atoms with Crippen LogP contribution in [0.5, 0.6) is 0 Å². The van der Waals surface area contributed by atoms with Gasteiger partial charge in [0.2, 0.25) is 0 Å². The number of guanidine groups is 1. The van der Waals surface area contributed by atoms with Gasteiger partial charge in [-0.15, -0.1) is 0 Å². The van der Waals surface area contributed by atoms with Gasteiger partial charge in [-0.05, 0) is 48.5 Å². The standard InChI is InChI=1S/C20H40N4O5/c1-9-21-17(22-10-11-27-13-12-26-8)23-14-16-15(2)28-20(6,7)24(16)18(25)29-19(3,4)5/h15-16H,9-14H2,1-8H3,(H2,21,22,23). The number of rotatable bonds is 9. The molecule has 9 nitrogen and oxygen atoms in total. The Morgan fingerprint density at radius 1 is 1.21 bits per heavy atom. The van der Waals surface area contributed by atoms with Crippen molar-refractivity contribution in [2.75, 3.05) is 46.6 Å². The van der Waals surface area contributed by atoms with Gasteiger partial charge in [-0.2, -0.15) is 0 Å². The van der Waals surface area contributed by atoms with Crippen molar-refractivity contribution in [1.82, 2.24) is 15.5 Å². The smallest absolute Gasteiger partial charge is 0.412 e. The van der Waals surface area contributed by atoms with Gasteiger partial charge in [0.1, 0.15) is 11.3 Å². The molecular weight excluding hydrogens is 376 g/mol. The summed E-state index contributed by atoms with van der Waals surface area (Å²) in [5.74, 6) is 0.670. The quantitative estimate of drug-likeness (QED) is 0.337. The van der Waals surface area contributed by atoms with Gasteiger partial charge in [-0.3, -0.25) is 9.89 Å². The Morgan fingerprint density at radius 3 is 2.48 bits per heavy atom. The summed E-state index contributed by atoms with van der Waals surface area (Å²) in [5.41, 5.74) is -1.34. The van der Waals surface area contributed by atoms with Crippen LogP contribution in [0.15, 0.2) is 4.99 Å². The molecule has 170 valence electrons. The minimum absolute atomic E-state index is 0.165. The zero-order valence-corrected chi connectivity index (χ0v) is 19.3. The van der Waals surface area contributed by atoms with E-state index in [4.69, 9.17) is 18.9 Å². The summed E-state index contributed by atoms with van der Waals surface area (Å²) < 4.78 is 22.0. The first-order valence-corrected chi connectivity index (χ1v) is 10.3. The van der Waals surface area contributed by atoms with E-state index in [9.17, 15) is 4.79 Å². The lowest BCUT2D eigenvalue weighted by atomic mass is 10.1. The number of nitrogens with zero attached hydrogens (tertiary/aromatic N) is 2. The van der Waals surface area contributed by atoms with Gasteiger partial charge < -0.3 is 29.6 Å². The molecular formula is C20H40N4O5. The van der Waals surface area contributed by atoms with E-state index >= 15 is 0 Å². The van der Waals surface area contributed by atoms with E-state index in [0.717, 1.165) is 6.54 Å². The topological polar surface area (TPSA) is 93.7 Å². The van der Waals surface area contributed by atoms with Crippen LogP contribution in [0.4, 0.5) is 4.79 Å². The third-order valence-electron chi connectivity index (χ3n) is 4.27. The molecule has 0 aliphatic carbocycles. The number of amides is 1.